The van der Waals surface area contributed by atoms with Crippen LogP contribution in [0.4, 0.5) is 0 Å². The third kappa shape index (κ3) is 5.68. The Kier molecular flexibility index (Phi) is 7.45. The maximum atomic E-state index is 12.8. The van der Waals surface area contributed by atoms with Gasteiger partial charge in [-0.05, 0) is 74.4 Å². The highest BCUT2D eigenvalue weighted by Crippen LogP contribution is 2.26. The van der Waals surface area contributed by atoms with Crippen LogP contribution in [-0.2, 0) is 20.6 Å². The second-order valence-electron chi connectivity index (χ2n) is 8.54. The minimum Gasteiger partial charge on any atom is -0.349 e. The summed E-state index contributed by atoms with van der Waals surface area (Å²) in [6, 6.07) is 11.2. The van der Waals surface area contributed by atoms with Crippen LogP contribution in [-0.4, -0.2) is 31.7 Å². The van der Waals surface area contributed by atoms with Gasteiger partial charge in [0.2, 0.25) is 15.9 Å². The number of nitrogens with zero attached hydrogens (tertiary/aromatic N) is 1. The number of sulfonamides is 1. The minimum absolute atomic E-state index is 0.00622. The van der Waals surface area contributed by atoms with Crippen molar-refractivity contribution in [1.29, 1.82) is 0 Å². The van der Waals surface area contributed by atoms with E-state index in [1.807, 2.05) is 6.92 Å². The third-order valence-corrected chi connectivity index (χ3v) is 8.42. The van der Waals surface area contributed by atoms with Crippen LogP contribution in [0.2, 0.25) is 5.02 Å². The summed E-state index contributed by atoms with van der Waals surface area (Å²) in [5, 5.41) is 3.58. The van der Waals surface area contributed by atoms with Crippen molar-refractivity contribution in [2.45, 2.75) is 52.3 Å². The molecule has 1 N–H and O–H groups in total. The first-order valence-electron chi connectivity index (χ1n) is 10.7. The van der Waals surface area contributed by atoms with Gasteiger partial charge in [0.25, 0.3) is 0 Å². The number of hydrogen-bond donors (Lipinski definition) is 1. The fraction of sp³-hybridized carbons (Fsp3) is 0.458. The van der Waals surface area contributed by atoms with Gasteiger partial charge in [0, 0.05) is 24.0 Å². The molecule has 2 aromatic rings. The molecule has 5 nitrogen and oxygen atoms in total. The van der Waals surface area contributed by atoms with E-state index in [9.17, 15) is 13.2 Å². The van der Waals surface area contributed by atoms with Gasteiger partial charge in [-0.1, -0.05) is 41.9 Å². The Hall–Kier alpha value is -1.89. The van der Waals surface area contributed by atoms with Gasteiger partial charge < -0.3 is 5.32 Å². The van der Waals surface area contributed by atoms with Gasteiger partial charge in [-0.3, -0.25) is 4.79 Å². The van der Waals surface area contributed by atoms with Crippen LogP contribution in [0.25, 0.3) is 0 Å². The molecular weight excluding hydrogens is 432 g/mol. The lowest BCUT2D eigenvalue weighted by molar-refractivity contribution is -0.126. The minimum atomic E-state index is -3.47. The summed E-state index contributed by atoms with van der Waals surface area (Å²) >= 11 is 6.13. The lowest BCUT2D eigenvalue weighted by Gasteiger charge is -2.31. The van der Waals surface area contributed by atoms with Crippen molar-refractivity contribution in [3.05, 3.63) is 69.2 Å². The van der Waals surface area contributed by atoms with E-state index in [1.54, 1.807) is 24.3 Å². The summed E-state index contributed by atoms with van der Waals surface area (Å²) in [4.78, 5) is 12.8. The number of benzene rings is 2. The molecule has 1 atom stereocenters. The normalized spacial score (nSPS) is 16.8. The van der Waals surface area contributed by atoms with Crippen LogP contribution in [0, 0.1) is 26.7 Å². The highest BCUT2D eigenvalue weighted by Gasteiger charge is 2.32. The number of hydrogen-bond acceptors (Lipinski definition) is 3. The summed E-state index contributed by atoms with van der Waals surface area (Å²) in [7, 11) is -3.47. The highest BCUT2D eigenvalue weighted by atomic mass is 35.5. The van der Waals surface area contributed by atoms with Crippen molar-refractivity contribution in [1.82, 2.24) is 9.62 Å². The second-order valence-corrected chi connectivity index (χ2v) is 10.9. The van der Waals surface area contributed by atoms with Gasteiger partial charge >= 0.3 is 0 Å². The van der Waals surface area contributed by atoms with E-state index in [0.29, 0.717) is 36.5 Å². The molecule has 31 heavy (non-hydrogen) atoms. The van der Waals surface area contributed by atoms with Crippen molar-refractivity contribution in [2.75, 3.05) is 13.1 Å². The smallest absolute Gasteiger partial charge is 0.223 e. The fourth-order valence-electron chi connectivity index (χ4n) is 4.16. The SMILES string of the molecule is Cc1cc(C)c([C@H](C)NC(=O)C2CCN(S(=O)(=O)Cc3ccccc3Cl)CC2)cc1C. The number of piperidine rings is 1. The van der Waals surface area contributed by atoms with E-state index in [-0.39, 0.29) is 23.6 Å². The van der Waals surface area contributed by atoms with Gasteiger partial charge in [-0.2, -0.15) is 0 Å². The number of aryl methyl sites for hydroxylation is 3. The van der Waals surface area contributed by atoms with Crippen LogP contribution in [0.15, 0.2) is 36.4 Å². The molecule has 0 radical (unpaired) electrons. The van der Waals surface area contributed by atoms with Crippen LogP contribution in [0.1, 0.15) is 53.6 Å². The average molecular weight is 463 g/mol. The van der Waals surface area contributed by atoms with Gasteiger partial charge in [0.15, 0.2) is 0 Å². The standard InChI is InChI=1S/C24H31ClN2O3S/c1-16-13-18(3)22(14-17(16)2)19(4)26-24(28)20-9-11-27(12-10-20)31(29,30)15-21-7-5-6-8-23(21)25/h5-8,13-14,19-20H,9-12,15H2,1-4H3,(H,26,28)/t19-/m0/s1. The van der Waals surface area contributed by atoms with Gasteiger partial charge in [0.05, 0.1) is 11.8 Å². The predicted molar refractivity (Wildman–Crippen MR) is 126 cm³/mol. The zero-order valence-electron chi connectivity index (χ0n) is 18.6. The molecule has 7 heteroatoms. The first-order valence-corrected chi connectivity index (χ1v) is 12.7. The van der Waals surface area contributed by atoms with Crippen LogP contribution in [0.5, 0.6) is 0 Å². The largest absolute Gasteiger partial charge is 0.349 e. The Labute approximate surface area is 190 Å². The van der Waals surface area contributed by atoms with Crippen LogP contribution < -0.4 is 5.32 Å². The lowest BCUT2D eigenvalue weighted by atomic mass is 9.94. The van der Waals surface area contributed by atoms with Crippen molar-refractivity contribution in [3.8, 4) is 0 Å². The van der Waals surface area contributed by atoms with Crippen molar-refractivity contribution < 1.29 is 13.2 Å². The maximum absolute atomic E-state index is 12.8. The van der Waals surface area contributed by atoms with E-state index in [1.165, 1.54) is 15.4 Å². The van der Waals surface area contributed by atoms with E-state index >= 15 is 0 Å². The van der Waals surface area contributed by atoms with E-state index in [0.717, 1.165) is 11.1 Å². The summed E-state index contributed by atoms with van der Waals surface area (Å²) < 4.78 is 27.1. The molecular formula is C24H31ClN2O3S. The molecule has 0 saturated carbocycles. The Balaban J connectivity index is 1.58. The Morgan fingerprint density at radius 1 is 1.10 bits per heavy atom. The van der Waals surface area contributed by atoms with Gasteiger partial charge in [0.1, 0.15) is 0 Å². The van der Waals surface area contributed by atoms with E-state index < -0.39 is 10.0 Å². The van der Waals surface area contributed by atoms with Gasteiger partial charge in [-0.25, -0.2) is 12.7 Å². The summed E-state index contributed by atoms with van der Waals surface area (Å²) in [5.41, 5.74) is 5.33. The molecule has 1 heterocycles. The van der Waals surface area contributed by atoms with Crippen molar-refractivity contribution in [2.24, 2.45) is 5.92 Å². The quantitative estimate of drug-likeness (QED) is 0.677. The topological polar surface area (TPSA) is 66.5 Å². The third-order valence-electron chi connectivity index (χ3n) is 6.22. The number of nitrogens with one attached hydrogen (secondary N) is 1. The molecule has 0 aliphatic carbocycles. The highest BCUT2D eigenvalue weighted by molar-refractivity contribution is 7.88. The number of carbonyl (C=O) groups excluding carboxylic acids is 1. The summed E-state index contributed by atoms with van der Waals surface area (Å²) in [6.45, 7) is 8.92. The van der Waals surface area contributed by atoms with Crippen LogP contribution >= 0.6 is 11.6 Å². The monoisotopic (exact) mass is 462 g/mol. The molecule has 0 aromatic heterocycles. The molecule has 1 aliphatic rings. The number of rotatable bonds is 6. The summed E-state index contributed by atoms with van der Waals surface area (Å²) in [5.74, 6) is -0.304. The zero-order valence-corrected chi connectivity index (χ0v) is 20.2. The molecule has 1 aliphatic heterocycles. The molecule has 168 valence electrons. The summed E-state index contributed by atoms with van der Waals surface area (Å²) in [6.07, 6.45) is 1.04. The molecule has 0 bridgehead atoms. The molecule has 0 spiro atoms. The Bertz CT molecular complexity index is 1060. The molecule has 1 fully saturated rings. The molecule has 0 unspecified atom stereocenters. The number of halogens is 1. The first kappa shape index (κ1) is 23.8. The average Bonchev–Trinajstić information content (AvgIpc) is 2.72. The lowest BCUT2D eigenvalue weighted by Crippen LogP contribution is -2.43. The van der Waals surface area contributed by atoms with Gasteiger partial charge in [-0.15, -0.1) is 0 Å². The number of amides is 1. The predicted octanol–water partition coefficient (Wildman–Crippen LogP) is 4.68. The Morgan fingerprint density at radius 3 is 2.35 bits per heavy atom. The van der Waals surface area contributed by atoms with E-state index in [2.05, 4.69) is 38.2 Å². The van der Waals surface area contributed by atoms with Crippen molar-refractivity contribution in [3.63, 3.8) is 0 Å². The van der Waals surface area contributed by atoms with E-state index in [4.69, 9.17) is 11.6 Å². The Morgan fingerprint density at radius 2 is 1.71 bits per heavy atom. The molecule has 2 aromatic carbocycles. The number of carbonyl (C=O) groups is 1. The molecule has 1 saturated heterocycles. The molecule has 3 rings (SSSR count). The zero-order chi connectivity index (χ0) is 22.8. The first-order chi connectivity index (χ1) is 14.6. The maximum Gasteiger partial charge on any atom is 0.223 e. The van der Waals surface area contributed by atoms with Crippen LogP contribution in [0.3, 0.4) is 0 Å². The van der Waals surface area contributed by atoms with Crippen molar-refractivity contribution >= 4 is 27.5 Å². The fourth-order valence-corrected chi connectivity index (χ4v) is 6.03. The second kappa shape index (κ2) is 9.72. The molecule has 1 amide bonds.